The lowest BCUT2D eigenvalue weighted by Gasteiger charge is -2.34. The van der Waals surface area contributed by atoms with Crippen LogP contribution in [0.1, 0.15) is 79.7 Å². The zero-order chi connectivity index (χ0) is 30.1. The van der Waals surface area contributed by atoms with Crippen LogP contribution < -0.4 is 15.4 Å². The van der Waals surface area contributed by atoms with Gasteiger partial charge in [0.2, 0.25) is 5.88 Å². The summed E-state index contributed by atoms with van der Waals surface area (Å²) < 4.78 is 19.4. The Morgan fingerprint density at radius 1 is 1.07 bits per heavy atom. The standard InChI is InChI=1S/C30H42N6O5/c1-19(2)23-17-32-36-25(35(28(38)41-30(6,7)8)21-12-9-11-20(31)15-21)16-24(33-26(23)36)39-22-13-10-14-34(18-22)27(37)40-29(3,4)5/h9,11-12,15-17,19,22H,10,13-14,18,31H2,1-8H3/t22-/m1/s1. The second-order valence-corrected chi connectivity index (χ2v) is 12.7. The number of piperidine rings is 1. The number of fused-ring (bicyclic) bond motifs is 1. The number of hydrogen-bond acceptors (Lipinski definition) is 8. The van der Waals surface area contributed by atoms with Crippen LogP contribution in [0.15, 0.2) is 36.5 Å². The predicted molar refractivity (Wildman–Crippen MR) is 158 cm³/mol. The van der Waals surface area contributed by atoms with E-state index in [1.807, 2.05) is 41.5 Å². The van der Waals surface area contributed by atoms with Crippen molar-refractivity contribution in [2.24, 2.45) is 0 Å². The third kappa shape index (κ3) is 7.39. The fourth-order valence-corrected chi connectivity index (χ4v) is 4.57. The van der Waals surface area contributed by atoms with Crippen molar-refractivity contribution in [1.82, 2.24) is 19.5 Å². The maximum absolute atomic E-state index is 13.7. The highest BCUT2D eigenvalue weighted by atomic mass is 16.6. The van der Waals surface area contributed by atoms with E-state index in [-0.39, 0.29) is 18.1 Å². The number of aromatic nitrogens is 3. The molecule has 0 unspecified atom stereocenters. The van der Waals surface area contributed by atoms with E-state index in [4.69, 9.17) is 24.9 Å². The first-order valence-electron chi connectivity index (χ1n) is 14.0. The van der Waals surface area contributed by atoms with Crippen molar-refractivity contribution in [2.45, 2.75) is 91.5 Å². The van der Waals surface area contributed by atoms with Crippen molar-refractivity contribution in [1.29, 1.82) is 0 Å². The predicted octanol–water partition coefficient (Wildman–Crippen LogP) is 6.29. The molecule has 0 radical (unpaired) electrons. The Morgan fingerprint density at radius 2 is 1.78 bits per heavy atom. The Hall–Kier alpha value is -4.02. The number of rotatable bonds is 5. The van der Waals surface area contributed by atoms with E-state index in [1.54, 1.807) is 45.9 Å². The lowest BCUT2D eigenvalue weighted by molar-refractivity contribution is 0.00721. The average Bonchev–Trinajstić information content (AvgIpc) is 3.27. The van der Waals surface area contributed by atoms with Crippen LogP contribution in [-0.4, -0.2) is 62.1 Å². The van der Waals surface area contributed by atoms with Gasteiger partial charge in [0.25, 0.3) is 0 Å². The van der Waals surface area contributed by atoms with E-state index in [0.29, 0.717) is 41.8 Å². The molecule has 2 amide bonds. The number of amides is 2. The fraction of sp³-hybridized carbons (Fsp3) is 0.533. The molecule has 1 atom stereocenters. The molecule has 2 N–H and O–H groups in total. The summed E-state index contributed by atoms with van der Waals surface area (Å²) in [4.78, 5) is 34.3. The van der Waals surface area contributed by atoms with Gasteiger partial charge in [-0.25, -0.2) is 14.5 Å². The zero-order valence-corrected chi connectivity index (χ0v) is 25.3. The van der Waals surface area contributed by atoms with E-state index in [2.05, 4.69) is 18.9 Å². The summed E-state index contributed by atoms with van der Waals surface area (Å²) in [6, 6.07) is 8.66. The molecule has 1 saturated heterocycles. The Bertz CT molecular complexity index is 1400. The molecule has 11 heteroatoms. The smallest absolute Gasteiger partial charge is 0.420 e. The number of carbonyl (C=O) groups excluding carboxylic acids is 2. The van der Waals surface area contributed by atoms with E-state index >= 15 is 0 Å². The van der Waals surface area contributed by atoms with Crippen LogP contribution in [0.3, 0.4) is 0 Å². The van der Waals surface area contributed by atoms with Gasteiger partial charge in [-0.15, -0.1) is 0 Å². The minimum atomic E-state index is -0.748. The number of nitrogens with two attached hydrogens (primary N) is 1. The van der Waals surface area contributed by atoms with Crippen molar-refractivity contribution >= 4 is 35.0 Å². The Balaban J connectivity index is 1.77. The number of ether oxygens (including phenoxy) is 3. The molecule has 0 saturated carbocycles. The molecule has 3 aromatic rings. The monoisotopic (exact) mass is 566 g/mol. The Kier molecular flexibility index (Phi) is 8.37. The molecule has 0 bridgehead atoms. The van der Waals surface area contributed by atoms with Gasteiger partial charge in [-0.2, -0.15) is 14.6 Å². The second-order valence-electron chi connectivity index (χ2n) is 12.7. The number of hydrogen-bond donors (Lipinski definition) is 1. The number of nitrogen functional groups attached to an aromatic ring is 1. The SMILES string of the molecule is CC(C)c1cnn2c(N(C(=O)OC(C)(C)C)c3cccc(N)c3)cc(O[C@@H]3CCCN(C(=O)OC(C)(C)C)C3)nc12. The summed E-state index contributed by atoms with van der Waals surface area (Å²) in [6.45, 7) is 16.0. The molecular formula is C30H42N6O5. The lowest BCUT2D eigenvalue weighted by Crippen LogP contribution is -2.46. The Labute approximate surface area is 241 Å². The topological polar surface area (TPSA) is 125 Å². The molecule has 41 heavy (non-hydrogen) atoms. The first kappa shape index (κ1) is 30.0. The van der Waals surface area contributed by atoms with Crippen LogP contribution in [-0.2, 0) is 9.47 Å². The molecule has 11 nitrogen and oxygen atoms in total. The fourth-order valence-electron chi connectivity index (χ4n) is 4.57. The molecule has 4 rings (SSSR count). The van der Waals surface area contributed by atoms with Gasteiger partial charge < -0.3 is 24.8 Å². The number of anilines is 3. The average molecular weight is 567 g/mol. The molecule has 1 aromatic carbocycles. The number of nitrogens with zero attached hydrogens (tertiary/aromatic N) is 5. The molecular weight excluding hydrogens is 524 g/mol. The van der Waals surface area contributed by atoms with Gasteiger partial charge in [-0.1, -0.05) is 19.9 Å². The maximum Gasteiger partial charge on any atom is 0.420 e. The van der Waals surface area contributed by atoms with Gasteiger partial charge in [-0.05, 0) is 78.5 Å². The minimum Gasteiger partial charge on any atom is -0.472 e. The molecule has 2 aromatic heterocycles. The van der Waals surface area contributed by atoms with Crippen molar-refractivity contribution in [3.63, 3.8) is 0 Å². The van der Waals surface area contributed by atoms with Crippen molar-refractivity contribution in [3.05, 3.63) is 42.1 Å². The highest BCUT2D eigenvalue weighted by Crippen LogP contribution is 2.34. The van der Waals surface area contributed by atoms with E-state index in [9.17, 15) is 9.59 Å². The quantitative estimate of drug-likeness (QED) is 0.358. The first-order valence-corrected chi connectivity index (χ1v) is 14.0. The summed E-state index contributed by atoms with van der Waals surface area (Å²) in [5.41, 5.74) is 7.22. The third-order valence-electron chi connectivity index (χ3n) is 6.33. The van der Waals surface area contributed by atoms with Gasteiger partial charge >= 0.3 is 12.2 Å². The van der Waals surface area contributed by atoms with Crippen molar-refractivity contribution in [2.75, 3.05) is 23.7 Å². The van der Waals surface area contributed by atoms with E-state index in [1.165, 1.54) is 4.90 Å². The minimum absolute atomic E-state index is 0.114. The van der Waals surface area contributed by atoms with Gasteiger partial charge in [-0.3, -0.25) is 0 Å². The van der Waals surface area contributed by atoms with Crippen molar-refractivity contribution in [3.8, 4) is 5.88 Å². The largest absolute Gasteiger partial charge is 0.472 e. The highest BCUT2D eigenvalue weighted by Gasteiger charge is 2.31. The number of carbonyl (C=O) groups is 2. The maximum atomic E-state index is 13.7. The van der Waals surface area contributed by atoms with Crippen LogP contribution in [0.5, 0.6) is 5.88 Å². The lowest BCUT2D eigenvalue weighted by atomic mass is 10.1. The molecule has 0 spiro atoms. The van der Waals surface area contributed by atoms with Crippen LogP contribution in [0.2, 0.25) is 0 Å². The summed E-state index contributed by atoms with van der Waals surface area (Å²) in [7, 11) is 0. The number of likely N-dealkylation sites (tertiary alicyclic amines) is 1. The van der Waals surface area contributed by atoms with E-state index in [0.717, 1.165) is 18.4 Å². The molecule has 222 valence electrons. The van der Waals surface area contributed by atoms with Gasteiger partial charge in [0.1, 0.15) is 17.3 Å². The van der Waals surface area contributed by atoms with Gasteiger partial charge in [0.05, 0.1) is 18.4 Å². The summed E-state index contributed by atoms with van der Waals surface area (Å²) in [6.07, 6.45) is 1.96. The molecule has 1 fully saturated rings. The molecule has 1 aliphatic heterocycles. The molecule has 3 heterocycles. The van der Waals surface area contributed by atoms with Crippen LogP contribution in [0.25, 0.3) is 5.65 Å². The normalized spacial score (nSPS) is 16.1. The Morgan fingerprint density at radius 3 is 2.41 bits per heavy atom. The van der Waals surface area contributed by atoms with Gasteiger partial charge in [0, 0.05) is 23.9 Å². The summed E-state index contributed by atoms with van der Waals surface area (Å²) >= 11 is 0. The van der Waals surface area contributed by atoms with Gasteiger partial charge in [0.15, 0.2) is 11.5 Å². The van der Waals surface area contributed by atoms with E-state index < -0.39 is 17.3 Å². The van der Waals surface area contributed by atoms with Crippen molar-refractivity contribution < 1.29 is 23.8 Å². The van der Waals surface area contributed by atoms with Crippen LogP contribution in [0.4, 0.5) is 26.8 Å². The third-order valence-corrected chi connectivity index (χ3v) is 6.33. The second kappa shape index (κ2) is 11.5. The summed E-state index contributed by atoms with van der Waals surface area (Å²) in [5, 5.41) is 4.59. The van der Waals surface area contributed by atoms with Crippen LogP contribution in [0, 0.1) is 0 Å². The van der Waals surface area contributed by atoms with Crippen LogP contribution >= 0.6 is 0 Å². The molecule has 0 aliphatic carbocycles. The number of benzene rings is 1. The highest BCUT2D eigenvalue weighted by molar-refractivity contribution is 5.96. The zero-order valence-electron chi connectivity index (χ0n) is 25.3. The molecule has 1 aliphatic rings. The summed E-state index contributed by atoms with van der Waals surface area (Å²) in [5.74, 6) is 0.808. The first-order chi connectivity index (χ1) is 19.1.